The Hall–Kier alpha value is -1.10. The van der Waals surface area contributed by atoms with Crippen LogP contribution in [0.5, 0.6) is 0 Å². The van der Waals surface area contributed by atoms with Crippen LogP contribution in [-0.4, -0.2) is 31.6 Å². The van der Waals surface area contributed by atoms with Gasteiger partial charge in [-0.1, -0.05) is 26.7 Å². The molecule has 0 aliphatic carbocycles. The normalized spacial score (nSPS) is 19.3. The van der Waals surface area contributed by atoms with Crippen LogP contribution in [0.25, 0.3) is 0 Å². The second kappa shape index (κ2) is 8.25. The van der Waals surface area contributed by atoms with Gasteiger partial charge in [-0.2, -0.15) is 0 Å². The van der Waals surface area contributed by atoms with Gasteiger partial charge in [0.05, 0.1) is 5.41 Å². The van der Waals surface area contributed by atoms with Gasteiger partial charge in [0.2, 0.25) is 11.8 Å². The average molecular weight is 284 g/mol. The number of ether oxygens (including phenoxy) is 1. The van der Waals surface area contributed by atoms with Crippen molar-refractivity contribution in [3.63, 3.8) is 0 Å². The molecule has 0 radical (unpaired) electrons. The molecule has 1 aliphatic heterocycles. The molecule has 0 spiro atoms. The third kappa shape index (κ3) is 4.47. The molecule has 1 heterocycles. The van der Waals surface area contributed by atoms with E-state index in [0.29, 0.717) is 32.6 Å². The molecule has 1 fully saturated rings. The molecule has 0 bridgehead atoms. The number of hydrogen-bond donors (Lipinski definition) is 2. The summed E-state index contributed by atoms with van der Waals surface area (Å²) in [6, 6.07) is 0. The summed E-state index contributed by atoms with van der Waals surface area (Å²) in [5.74, 6) is -0.240. The summed E-state index contributed by atoms with van der Waals surface area (Å²) in [7, 11) is 0. The Kier molecular flexibility index (Phi) is 6.99. The molecule has 5 nitrogen and oxygen atoms in total. The maximum atomic E-state index is 12.2. The first kappa shape index (κ1) is 17.0. The van der Waals surface area contributed by atoms with Crippen molar-refractivity contribution < 1.29 is 14.3 Å². The van der Waals surface area contributed by atoms with Gasteiger partial charge in [-0.25, -0.2) is 0 Å². The number of hydrogen-bond acceptors (Lipinski definition) is 3. The summed E-state index contributed by atoms with van der Waals surface area (Å²) in [6.07, 6.45) is 5.07. The van der Waals surface area contributed by atoms with Crippen LogP contribution in [0.4, 0.5) is 0 Å². The minimum Gasteiger partial charge on any atom is -0.381 e. The van der Waals surface area contributed by atoms with Gasteiger partial charge in [-0.3, -0.25) is 9.59 Å². The van der Waals surface area contributed by atoms with Crippen molar-refractivity contribution in [2.45, 2.75) is 52.4 Å². The molecule has 3 N–H and O–H groups in total. The molecule has 0 saturated carbocycles. The SMILES string of the molecule is CCCC[C@@H](CC)C(=O)NCC1(C(N)=O)CCOCC1. The van der Waals surface area contributed by atoms with Crippen LogP contribution < -0.4 is 11.1 Å². The van der Waals surface area contributed by atoms with Gasteiger partial charge in [0, 0.05) is 25.7 Å². The molecule has 0 aromatic rings. The number of unbranched alkanes of at least 4 members (excludes halogenated alkanes) is 1. The molecule has 116 valence electrons. The second-order valence-corrected chi connectivity index (χ2v) is 5.72. The van der Waals surface area contributed by atoms with Gasteiger partial charge in [0.1, 0.15) is 0 Å². The highest BCUT2D eigenvalue weighted by atomic mass is 16.5. The first-order chi connectivity index (χ1) is 9.55. The second-order valence-electron chi connectivity index (χ2n) is 5.72. The summed E-state index contributed by atoms with van der Waals surface area (Å²) in [6.45, 7) is 5.55. The number of nitrogens with two attached hydrogens (primary N) is 1. The maximum Gasteiger partial charge on any atom is 0.225 e. The van der Waals surface area contributed by atoms with Crippen molar-refractivity contribution >= 4 is 11.8 Å². The van der Waals surface area contributed by atoms with E-state index in [9.17, 15) is 9.59 Å². The lowest BCUT2D eigenvalue weighted by Gasteiger charge is -2.34. The van der Waals surface area contributed by atoms with Crippen molar-refractivity contribution in [2.24, 2.45) is 17.1 Å². The summed E-state index contributed by atoms with van der Waals surface area (Å²) in [5.41, 5.74) is 4.90. The molecule has 1 aliphatic rings. The van der Waals surface area contributed by atoms with Gasteiger partial charge >= 0.3 is 0 Å². The number of nitrogens with one attached hydrogen (secondary N) is 1. The molecule has 1 rings (SSSR count). The van der Waals surface area contributed by atoms with Crippen molar-refractivity contribution in [2.75, 3.05) is 19.8 Å². The number of carbonyl (C=O) groups is 2. The largest absolute Gasteiger partial charge is 0.381 e. The molecule has 0 aromatic heterocycles. The van der Waals surface area contributed by atoms with Crippen LogP contribution >= 0.6 is 0 Å². The van der Waals surface area contributed by atoms with E-state index in [2.05, 4.69) is 12.2 Å². The van der Waals surface area contributed by atoms with Crippen molar-refractivity contribution in [1.82, 2.24) is 5.32 Å². The van der Waals surface area contributed by atoms with Gasteiger partial charge < -0.3 is 15.8 Å². The minimum atomic E-state index is -0.628. The Labute approximate surface area is 121 Å². The Balaban J connectivity index is 2.53. The minimum absolute atomic E-state index is 0.0414. The highest BCUT2D eigenvalue weighted by Gasteiger charge is 2.39. The van der Waals surface area contributed by atoms with Crippen molar-refractivity contribution in [1.29, 1.82) is 0 Å². The van der Waals surface area contributed by atoms with Crippen LogP contribution in [0.1, 0.15) is 52.4 Å². The maximum absolute atomic E-state index is 12.2. The Morgan fingerprint density at radius 3 is 2.45 bits per heavy atom. The summed E-state index contributed by atoms with van der Waals surface area (Å²) >= 11 is 0. The van der Waals surface area contributed by atoms with Crippen LogP contribution in [0, 0.1) is 11.3 Å². The molecular formula is C15H28N2O3. The third-order valence-electron chi connectivity index (χ3n) is 4.34. The number of primary amides is 1. The Morgan fingerprint density at radius 1 is 1.30 bits per heavy atom. The predicted octanol–water partition coefficient (Wildman–Crippen LogP) is 1.60. The first-order valence-electron chi connectivity index (χ1n) is 7.71. The van der Waals surface area contributed by atoms with E-state index in [0.717, 1.165) is 25.7 Å². The highest BCUT2D eigenvalue weighted by molar-refractivity contribution is 5.83. The molecule has 20 heavy (non-hydrogen) atoms. The van der Waals surface area contributed by atoms with E-state index >= 15 is 0 Å². The summed E-state index contributed by atoms with van der Waals surface area (Å²) in [4.78, 5) is 23.9. The molecule has 0 aromatic carbocycles. The third-order valence-corrected chi connectivity index (χ3v) is 4.34. The van der Waals surface area contributed by atoms with Crippen LogP contribution in [-0.2, 0) is 14.3 Å². The molecule has 5 heteroatoms. The van der Waals surface area contributed by atoms with E-state index in [1.54, 1.807) is 0 Å². The predicted molar refractivity (Wildman–Crippen MR) is 78.0 cm³/mol. The van der Waals surface area contributed by atoms with E-state index in [-0.39, 0.29) is 17.7 Å². The van der Waals surface area contributed by atoms with E-state index in [4.69, 9.17) is 10.5 Å². The van der Waals surface area contributed by atoms with Crippen LogP contribution in [0.15, 0.2) is 0 Å². The Bertz CT molecular complexity index is 325. The van der Waals surface area contributed by atoms with Gasteiger partial charge in [-0.15, -0.1) is 0 Å². The van der Waals surface area contributed by atoms with Gasteiger partial charge in [0.25, 0.3) is 0 Å². The lowest BCUT2D eigenvalue weighted by Crippen LogP contribution is -2.50. The highest BCUT2D eigenvalue weighted by Crippen LogP contribution is 2.29. The topological polar surface area (TPSA) is 81.4 Å². The average Bonchev–Trinajstić information content (AvgIpc) is 2.46. The number of amides is 2. The molecule has 0 unspecified atom stereocenters. The lowest BCUT2D eigenvalue weighted by atomic mass is 9.79. The fraction of sp³-hybridized carbons (Fsp3) is 0.867. The van der Waals surface area contributed by atoms with Crippen LogP contribution in [0.2, 0.25) is 0 Å². The molecule has 2 amide bonds. The monoisotopic (exact) mass is 284 g/mol. The van der Waals surface area contributed by atoms with E-state index < -0.39 is 5.41 Å². The molecule has 1 saturated heterocycles. The van der Waals surface area contributed by atoms with E-state index in [1.807, 2.05) is 6.92 Å². The fourth-order valence-electron chi connectivity index (χ4n) is 2.64. The summed E-state index contributed by atoms with van der Waals surface area (Å²) in [5, 5.41) is 2.94. The van der Waals surface area contributed by atoms with Crippen molar-refractivity contribution in [3.8, 4) is 0 Å². The molecule has 1 atom stereocenters. The molecular weight excluding hydrogens is 256 g/mol. The number of rotatable bonds is 8. The zero-order chi connectivity index (χ0) is 15.0. The zero-order valence-electron chi connectivity index (χ0n) is 12.7. The Morgan fingerprint density at radius 2 is 1.95 bits per heavy atom. The zero-order valence-corrected chi connectivity index (χ0v) is 12.7. The smallest absolute Gasteiger partial charge is 0.225 e. The fourth-order valence-corrected chi connectivity index (χ4v) is 2.64. The van der Waals surface area contributed by atoms with Crippen molar-refractivity contribution in [3.05, 3.63) is 0 Å². The van der Waals surface area contributed by atoms with Gasteiger partial charge in [-0.05, 0) is 25.7 Å². The van der Waals surface area contributed by atoms with Gasteiger partial charge in [0.15, 0.2) is 0 Å². The summed E-state index contributed by atoms with van der Waals surface area (Å²) < 4.78 is 5.28. The van der Waals surface area contributed by atoms with Crippen LogP contribution in [0.3, 0.4) is 0 Å². The first-order valence-corrected chi connectivity index (χ1v) is 7.71. The van der Waals surface area contributed by atoms with E-state index in [1.165, 1.54) is 0 Å². The quantitative estimate of drug-likeness (QED) is 0.710. The lowest BCUT2D eigenvalue weighted by molar-refractivity contribution is -0.134. The standard InChI is InChI=1S/C15H28N2O3/c1-3-5-6-12(4-2)13(18)17-11-15(14(16)19)7-9-20-10-8-15/h12H,3-11H2,1-2H3,(H2,16,19)(H,17,18)/t12-/m1/s1. The number of carbonyl (C=O) groups excluding carboxylic acids is 2.